The third-order valence-corrected chi connectivity index (χ3v) is 3.21. The van der Waals surface area contributed by atoms with E-state index < -0.39 is 12.3 Å². The summed E-state index contributed by atoms with van der Waals surface area (Å²) >= 11 is 0. The quantitative estimate of drug-likeness (QED) is 0.713. The van der Waals surface area contributed by atoms with E-state index in [4.69, 9.17) is 24.7 Å². The standard InChI is InChI=1S/C17H19NO6/c1-21-13-7-8-14(15(9-13)22-2)24-17(16(19)20)23-12-5-3-11(10-18)4-6-12/h3-9,17H,10,18H2,1-2H3,(H,19,20). The lowest BCUT2D eigenvalue weighted by atomic mass is 10.2. The molecule has 0 fully saturated rings. The number of carboxylic acids is 1. The van der Waals surface area contributed by atoms with Gasteiger partial charge in [-0.1, -0.05) is 12.1 Å². The molecule has 0 radical (unpaired) electrons. The molecule has 128 valence electrons. The summed E-state index contributed by atoms with van der Waals surface area (Å²) in [5, 5.41) is 9.33. The minimum absolute atomic E-state index is 0.226. The summed E-state index contributed by atoms with van der Waals surface area (Å²) in [4.78, 5) is 11.4. The van der Waals surface area contributed by atoms with Crippen LogP contribution in [0.3, 0.4) is 0 Å². The highest BCUT2D eigenvalue weighted by Crippen LogP contribution is 2.32. The van der Waals surface area contributed by atoms with Gasteiger partial charge in [0.15, 0.2) is 11.5 Å². The summed E-state index contributed by atoms with van der Waals surface area (Å²) in [6.07, 6.45) is -1.53. The lowest BCUT2D eigenvalue weighted by molar-refractivity contribution is -0.158. The molecule has 0 aliphatic rings. The SMILES string of the molecule is COc1ccc(OC(Oc2ccc(CN)cc2)C(=O)O)c(OC)c1. The fourth-order valence-electron chi connectivity index (χ4n) is 1.94. The van der Waals surface area contributed by atoms with Crippen LogP contribution in [0.4, 0.5) is 0 Å². The van der Waals surface area contributed by atoms with Crippen molar-refractivity contribution in [1.82, 2.24) is 0 Å². The van der Waals surface area contributed by atoms with E-state index in [0.717, 1.165) is 5.56 Å². The molecule has 2 aromatic rings. The van der Waals surface area contributed by atoms with Crippen molar-refractivity contribution in [1.29, 1.82) is 0 Å². The monoisotopic (exact) mass is 333 g/mol. The number of rotatable bonds is 8. The van der Waals surface area contributed by atoms with Gasteiger partial charge in [0.2, 0.25) is 0 Å². The molecule has 2 aromatic carbocycles. The van der Waals surface area contributed by atoms with E-state index in [-0.39, 0.29) is 5.75 Å². The summed E-state index contributed by atoms with van der Waals surface area (Å²) in [5.74, 6) is 0.208. The van der Waals surface area contributed by atoms with E-state index in [1.807, 2.05) is 0 Å². The Bertz CT molecular complexity index is 686. The van der Waals surface area contributed by atoms with Crippen molar-refractivity contribution in [2.75, 3.05) is 14.2 Å². The maximum atomic E-state index is 11.4. The van der Waals surface area contributed by atoms with E-state index >= 15 is 0 Å². The molecule has 0 aromatic heterocycles. The zero-order valence-corrected chi connectivity index (χ0v) is 13.4. The zero-order chi connectivity index (χ0) is 17.5. The molecule has 0 bridgehead atoms. The maximum absolute atomic E-state index is 11.4. The van der Waals surface area contributed by atoms with Gasteiger partial charge in [-0.2, -0.15) is 0 Å². The number of hydrogen-bond acceptors (Lipinski definition) is 6. The Hall–Kier alpha value is -2.93. The molecule has 0 saturated heterocycles. The van der Waals surface area contributed by atoms with Crippen molar-refractivity contribution in [3.05, 3.63) is 48.0 Å². The molecule has 0 saturated carbocycles. The van der Waals surface area contributed by atoms with E-state index in [1.54, 1.807) is 42.5 Å². The Morgan fingerprint density at radius 1 is 1.00 bits per heavy atom. The highest BCUT2D eigenvalue weighted by molar-refractivity contribution is 5.72. The van der Waals surface area contributed by atoms with Crippen molar-refractivity contribution < 1.29 is 28.8 Å². The van der Waals surface area contributed by atoms with Gasteiger partial charge in [-0.25, -0.2) is 4.79 Å². The van der Waals surface area contributed by atoms with Gasteiger partial charge >= 0.3 is 12.3 Å². The predicted molar refractivity (Wildman–Crippen MR) is 86.6 cm³/mol. The average Bonchev–Trinajstić information content (AvgIpc) is 2.61. The number of nitrogens with two attached hydrogens (primary N) is 1. The second kappa shape index (κ2) is 8.07. The van der Waals surface area contributed by atoms with Gasteiger partial charge in [0.25, 0.3) is 0 Å². The van der Waals surface area contributed by atoms with Crippen LogP contribution in [-0.4, -0.2) is 31.6 Å². The molecule has 0 aliphatic heterocycles. The van der Waals surface area contributed by atoms with Gasteiger partial charge in [-0.15, -0.1) is 0 Å². The third-order valence-electron chi connectivity index (χ3n) is 3.21. The van der Waals surface area contributed by atoms with Crippen molar-refractivity contribution in [2.45, 2.75) is 12.8 Å². The third kappa shape index (κ3) is 4.30. The molecular formula is C17H19NO6. The van der Waals surface area contributed by atoms with Crippen LogP contribution in [0.5, 0.6) is 23.0 Å². The molecule has 2 rings (SSSR count). The van der Waals surface area contributed by atoms with Gasteiger partial charge < -0.3 is 29.8 Å². The van der Waals surface area contributed by atoms with Crippen molar-refractivity contribution >= 4 is 5.97 Å². The molecule has 0 heterocycles. The minimum Gasteiger partial charge on any atom is -0.497 e. The van der Waals surface area contributed by atoms with Crippen LogP contribution in [0.25, 0.3) is 0 Å². The van der Waals surface area contributed by atoms with E-state index in [0.29, 0.717) is 23.8 Å². The Labute approximate surface area is 139 Å². The second-order valence-corrected chi connectivity index (χ2v) is 4.77. The van der Waals surface area contributed by atoms with Crippen LogP contribution >= 0.6 is 0 Å². The molecule has 7 nitrogen and oxygen atoms in total. The average molecular weight is 333 g/mol. The van der Waals surface area contributed by atoms with E-state index in [1.165, 1.54) is 14.2 Å². The van der Waals surface area contributed by atoms with Gasteiger partial charge in [-0.05, 0) is 29.8 Å². The Kier molecular flexibility index (Phi) is 5.86. The molecule has 0 amide bonds. The van der Waals surface area contributed by atoms with Gasteiger partial charge in [0.1, 0.15) is 11.5 Å². The summed E-state index contributed by atoms with van der Waals surface area (Å²) in [6, 6.07) is 11.5. The number of aliphatic carboxylic acids is 1. The van der Waals surface area contributed by atoms with Gasteiger partial charge in [-0.3, -0.25) is 0 Å². The smallest absolute Gasteiger partial charge is 0.387 e. The number of benzene rings is 2. The molecule has 0 aliphatic carbocycles. The lowest BCUT2D eigenvalue weighted by Gasteiger charge is -2.18. The van der Waals surface area contributed by atoms with Crippen LogP contribution in [0, 0.1) is 0 Å². The first-order valence-corrected chi connectivity index (χ1v) is 7.14. The van der Waals surface area contributed by atoms with Crippen LogP contribution in [0.1, 0.15) is 5.56 Å². The van der Waals surface area contributed by atoms with Crippen LogP contribution in [0.15, 0.2) is 42.5 Å². The summed E-state index contributed by atoms with van der Waals surface area (Å²) in [5.41, 5.74) is 6.43. The fraction of sp³-hybridized carbons (Fsp3) is 0.235. The van der Waals surface area contributed by atoms with E-state index in [2.05, 4.69) is 0 Å². The van der Waals surface area contributed by atoms with Gasteiger partial charge in [0, 0.05) is 12.6 Å². The lowest BCUT2D eigenvalue weighted by Crippen LogP contribution is -2.33. The zero-order valence-electron chi connectivity index (χ0n) is 13.4. The molecule has 7 heteroatoms. The molecule has 1 atom stereocenters. The highest BCUT2D eigenvalue weighted by Gasteiger charge is 2.23. The number of ether oxygens (including phenoxy) is 4. The van der Waals surface area contributed by atoms with Crippen molar-refractivity contribution in [3.8, 4) is 23.0 Å². The Morgan fingerprint density at radius 3 is 2.21 bits per heavy atom. The Morgan fingerprint density at radius 2 is 1.67 bits per heavy atom. The normalized spacial score (nSPS) is 11.5. The fourth-order valence-corrected chi connectivity index (χ4v) is 1.94. The number of hydrogen-bond donors (Lipinski definition) is 2. The summed E-state index contributed by atoms with van der Waals surface area (Å²) in [6.45, 7) is 0.391. The minimum atomic E-state index is -1.53. The number of carbonyl (C=O) groups is 1. The first-order chi connectivity index (χ1) is 11.6. The van der Waals surface area contributed by atoms with Crippen molar-refractivity contribution in [2.24, 2.45) is 5.73 Å². The molecular weight excluding hydrogens is 314 g/mol. The molecule has 3 N–H and O–H groups in total. The van der Waals surface area contributed by atoms with Gasteiger partial charge in [0.05, 0.1) is 14.2 Å². The van der Waals surface area contributed by atoms with Crippen LogP contribution < -0.4 is 24.7 Å². The van der Waals surface area contributed by atoms with E-state index in [9.17, 15) is 9.90 Å². The first kappa shape index (κ1) is 17.4. The number of carboxylic acid groups (broad SMARTS) is 1. The van der Waals surface area contributed by atoms with Crippen LogP contribution in [-0.2, 0) is 11.3 Å². The van der Waals surface area contributed by atoms with Crippen molar-refractivity contribution in [3.63, 3.8) is 0 Å². The summed E-state index contributed by atoms with van der Waals surface area (Å²) < 4.78 is 21.1. The summed E-state index contributed by atoms with van der Waals surface area (Å²) in [7, 11) is 2.97. The highest BCUT2D eigenvalue weighted by atomic mass is 16.7. The largest absolute Gasteiger partial charge is 0.497 e. The molecule has 0 spiro atoms. The Balaban J connectivity index is 2.17. The first-order valence-electron chi connectivity index (χ1n) is 7.14. The topological polar surface area (TPSA) is 100 Å². The molecule has 24 heavy (non-hydrogen) atoms. The number of methoxy groups -OCH3 is 2. The maximum Gasteiger partial charge on any atom is 0.387 e. The second-order valence-electron chi connectivity index (χ2n) is 4.77. The van der Waals surface area contributed by atoms with Crippen LogP contribution in [0.2, 0.25) is 0 Å². The molecule has 1 unspecified atom stereocenters. The predicted octanol–water partition coefficient (Wildman–Crippen LogP) is 2.03.